The molecular formula is C18H28N2O. The lowest BCUT2D eigenvalue weighted by atomic mass is 9.91. The second-order valence-electron chi connectivity index (χ2n) is 5.96. The van der Waals surface area contributed by atoms with Crippen LogP contribution >= 0.6 is 0 Å². The second-order valence-corrected chi connectivity index (χ2v) is 5.96. The summed E-state index contributed by atoms with van der Waals surface area (Å²) in [6.45, 7) is 10.1. The van der Waals surface area contributed by atoms with Crippen molar-refractivity contribution >= 4 is 5.91 Å². The molecule has 0 saturated heterocycles. The molecule has 0 heterocycles. The van der Waals surface area contributed by atoms with Crippen molar-refractivity contribution in [2.45, 2.75) is 58.4 Å². The molecule has 116 valence electrons. The number of amides is 1. The largest absolute Gasteiger partial charge is 0.287 e. The standard InChI is InChI=1S/C18H28N2O/c1-5-7-8-14-18(4,13-6-2)20-19-17(21)16-11-9-15(3)10-12-16/h6,9-12,20H,2,5,7-8,13-14H2,1,3-4H3,(H,19,21). The maximum atomic E-state index is 12.1. The van der Waals surface area contributed by atoms with E-state index in [1.807, 2.05) is 37.3 Å². The van der Waals surface area contributed by atoms with Crippen molar-refractivity contribution in [3.63, 3.8) is 0 Å². The third kappa shape index (κ3) is 6.13. The molecular weight excluding hydrogens is 260 g/mol. The van der Waals surface area contributed by atoms with Gasteiger partial charge >= 0.3 is 0 Å². The summed E-state index contributed by atoms with van der Waals surface area (Å²) in [4.78, 5) is 12.1. The van der Waals surface area contributed by atoms with Gasteiger partial charge in [-0.1, -0.05) is 50.0 Å². The molecule has 2 N–H and O–H groups in total. The highest BCUT2D eigenvalue weighted by atomic mass is 16.2. The first kappa shape index (κ1) is 17.4. The summed E-state index contributed by atoms with van der Waals surface area (Å²) in [6, 6.07) is 7.57. The average Bonchev–Trinajstić information content (AvgIpc) is 2.46. The summed E-state index contributed by atoms with van der Waals surface area (Å²) in [5.74, 6) is -0.0965. The summed E-state index contributed by atoms with van der Waals surface area (Å²) in [7, 11) is 0. The van der Waals surface area contributed by atoms with E-state index in [1.54, 1.807) is 0 Å². The van der Waals surface area contributed by atoms with Crippen LogP contribution < -0.4 is 10.9 Å². The van der Waals surface area contributed by atoms with Gasteiger partial charge in [-0.05, 0) is 38.8 Å². The molecule has 0 aliphatic rings. The molecule has 1 atom stereocenters. The fourth-order valence-corrected chi connectivity index (χ4v) is 2.28. The van der Waals surface area contributed by atoms with Crippen LogP contribution in [0.4, 0.5) is 0 Å². The molecule has 0 aliphatic heterocycles. The Labute approximate surface area is 128 Å². The van der Waals surface area contributed by atoms with Crippen molar-refractivity contribution in [2.75, 3.05) is 0 Å². The first-order chi connectivity index (χ1) is 10.0. The molecule has 1 aromatic rings. The van der Waals surface area contributed by atoms with Gasteiger partial charge in [0.2, 0.25) is 0 Å². The molecule has 0 aliphatic carbocycles. The van der Waals surface area contributed by atoms with Gasteiger partial charge in [0.1, 0.15) is 0 Å². The molecule has 0 bridgehead atoms. The Morgan fingerprint density at radius 2 is 1.95 bits per heavy atom. The van der Waals surface area contributed by atoms with Gasteiger partial charge in [0, 0.05) is 11.1 Å². The van der Waals surface area contributed by atoms with Crippen LogP contribution in [0.3, 0.4) is 0 Å². The average molecular weight is 288 g/mol. The second kappa shape index (κ2) is 8.63. The van der Waals surface area contributed by atoms with Crippen LogP contribution in [0.15, 0.2) is 36.9 Å². The first-order valence-corrected chi connectivity index (χ1v) is 7.76. The summed E-state index contributed by atoms with van der Waals surface area (Å²) in [5.41, 5.74) is 7.71. The van der Waals surface area contributed by atoms with Crippen LogP contribution in [-0.4, -0.2) is 11.4 Å². The van der Waals surface area contributed by atoms with E-state index in [9.17, 15) is 4.79 Å². The number of unbranched alkanes of at least 4 members (excludes halogenated alkanes) is 2. The quantitative estimate of drug-likeness (QED) is 0.407. The molecule has 1 unspecified atom stereocenters. The lowest BCUT2D eigenvalue weighted by Gasteiger charge is -2.30. The molecule has 1 aromatic carbocycles. The highest BCUT2D eigenvalue weighted by molar-refractivity contribution is 5.93. The van der Waals surface area contributed by atoms with E-state index in [4.69, 9.17) is 0 Å². The number of aryl methyl sites for hydroxylation is 1. The molecule has 3 nitrogen and oxygen atoms in total. The Bertz CT molecular complexity index is 453. The molecule has 0 radical (unpaired) electrons. The predicted molar refractivity (Wildman–Crippen MR) is 89.1 cm³/mol. The lowest BCUT2D eigenvalue weighted by molar-refractivity contribution is 0.0903. The molecule has 3 heteroatoms. The van der Waals surface area contributed by atoms with Gasteiger partial charge in [-0.25, -0.2) is 5.43 Å². The minimum absolute atomic E-state index is 0.0965. The Morgan fingerprint density at radius 3 is 2.52 bits per heavy atom. The van der Waals surface area contributed by atoms with Crippen molar-refractivity contribution in [1.29, 1.82) is 0 Å². The minimum atomic E-state index is -0.142. The summed E-state index contributed by atoms with van der Waals surface area (Å²) < 4.78 is 0. The molecule has 0 aromatic heterocycles. The van der Waals surface area contributed by atoms with Gasteiger partial charge in [-0.15, -0.1) is 6.58 Å². The van der Waals surface area contributed by atoms with E-state index < -0.39 is 0 Å². The third-order valence-corrected chi connectivity index (χ3v) is 3.72. The maximum Gasteiger partial charge on any atom is 0.265 e. The van der Waals surface area contributed by atoms with Gasteiger partial charge in [0.05, 0.1) is 0 Å². The van der Waals surface area contributed by atoms with E-state index in [2.05, 4.69) is 31.3 Å². The van der Waals surface area contributed by atoms with E-state index in [1.165, 1.54) is 12.8 Å². The van der Waals surface area contributed by atoms with Gasteiger partial charge in [0.25, 0.3) is 5.91 Å². The molecule has 1 amide bonds. The molecule has 0 saturated carbocycles. The van der Waals surface area contributed by atoms with E-state index in [0.717, 1.165) is 24.8 Å². The Hall–Kier alpha value is -1.61. The van der Waals surface area contributed by atoms with Gasteiger partial charge in [-0.2, -0.15) is 0 Å². The first-order valence-electron chi connectivity index (χ1n) is 7.76. The van der Waals surface area contributed by atoms with E-state index in [0.29, 0.717) is 5.56 Å². The Morgan fingerprint density at radius 1 is 1.29 bits per heavy atom. The molecule has 0 fully saturated rings. The Kier molecular flexibility index (Phi) is 7.17. The number of carbonyl (C=O) groups is 1. The number of nitrogens with one attached hydrogen (secondary N) is 2. The van der Waals surface area contributed by atoms with Crippen LogP contribution in [0.1, 0.15) is 61.9 Å². The van der Waals surface area contributed by atoms with E-state index in [-0.39, 0.29) is 11.4 Å². The fraction of sp³-hybridized carbons (Fsp3) is 0.500. The highest BCUT2D eigenvalue weighted by Crippen LogP contribution is 2.18. The van der Waals surface area contributed by atoms with Gasteiger partial charge in [0.15, 0.2) is 0 Å². The number of rotatable bonds is 9. The van der Waals surface area contributed by atoms with Crippen LogP contribution in [0.2, 0.25) is 0 Å². The number of benzene rings is 1. The van der Waals surface area contributed by atoms with Crippen molar-refractivity contribution < 1.29 is 4.79 Å². The minimum Gasteiger partial charge on any atom is -0.287 e. The van der Waals surface area contributed by atoms with Crippen molar-refractivity contribution in [2.24, 2.45) is 0 Å². The van der Waals surface area contributed by atoms with Crippen LogP contribution in [0.25, 0.3) is 0 Å². The van der Waals surface area contributed by atoms with Crippen LogP contribution in [0.5, 0.6) is 0 Å². The summed E-state index contributed by atoms with van der Waals surface area (Å²) in [5, 5.41) is 0. The normalized spacial score (nSPS) is 13.5. The number of hydrogen-bond acceptors (Lipinski definition) is 2. The van der Waals surface area contributed by atoms with Crippen molar-refractivity contribution in [3.8, 4) is 0 Å². The molecule has 21 heavy (non-hydrogen) atoms. The molecule has 0 spiro atoms. The van der Waals surface area contributed by atoms with E-state index >= 15 is 0 Å². The predicted octanol–water partition coefficient (Wildman–Crippen LogP) is 4.14. The van der Waals surface area contributed by atoms with Gasteiger partial charge in [-0.3, -0.25) is 10.2 Å². The monoisotopic (exact) mass is 288 g/mol. The summed E-state index contributed by atoms with van der Waals surface area (Å²) >= 11 is 0. The highest BCUT2D eigenvalue weighted by Gasteiger charge is 2.22. The van der Waals surface area contributed by atoms with Crippen molar-refractivity contribution in [1.82, 2.24) is 10.9 Å². The topological polar surface area (TPSA) is 41.1 Å². The van der Waals surface area contributed by atoms with Crippen LogP contribution in [0, 0.1) is 6.92 Å². The SMILES string of the molecule is C=CCC(C)(CCCCC)NNC(=O)c1ccc(C)cc1. The van der Waals surface area contributed by atoms with Crippen LogP contribution in [-0.2, 0) is 0 Å². The number of carbonyl (C=O) groups excluding carboxylic acids is 1. The fourth-order valence-electron chi connectivity index (χ4n) is 2.28. The maximum absolute atomic E-state index is 12.1. The lowest BCUT2D eigenvalue weighted by Crippen LogP contribution is -2.52. The number of hydrazine groups is 1. The zero-order valence-corrected chi connectivity index (χ0v) is 13.5. The third-order valence-electron chi connectivity index (χ3n) is 3.72. The van der Waals surface area contributed by atoms with Gasteiger partial charge < -0.3 is 0 Å². The Balaban J connectivity index is 2.57. The van der Waals surface area contributed by atoms with Crippen molar-refractivity contribution in [3.05, 3.63) is 48.0 Å². The zero-order valence-electron chi connectivity index (χ0n) is 13.5. The number of hydrogen-bond donors (Lipinski definition) is 2. The summed E-state index contributed by atoms with van der Waals surface area (Å²) in [6.07, 6.45) is 7.29. The smallest absolute Gasteiger partial charge is 0.265 e. The zero-order chi connectivity index (χ0) is 15.7. The molecule has 1 rings (SSSR count).